The molecule has 30 heavy (non-hydrogen) atoms. The summed E-state index contributed by atoms with van der Waals surface area (Å²) in [7, 11) is 1.65. The summed E-state index contributed by atoms with van der Waals surface area (Å²) in [4.78, 5) is 12.3. The fourth-order valence-electron chi connectivity index (χ4n) is 3.55. The number of carbonyl (C=O) groups is 1. The normalized spacial score (nSPS) is 15.4. The van der Waals surface area contributed by atoms with Crippen LogP contribution < -0.4 is 15.4 Å². The van der Waals surface area contributed by atoms with Gasteiger partial charge in [0.1, 0.15) is 5.75 Å². The Labute approximate surface area is 178 Å². The molecule has 0 bridgehead atoms. The van der Waals surface area contributed by atoms with Crippen LogP contribution in [0.1, 0.15) is 36.5 Å². The van der Waals surface area contributed by atoms with Gasteiger partial charge in [-0.05, 0) is 55.0 Å². The molecule has 1 fully saturated rings. The van der Waals surface area contributed by atoms with E-state index in [0.717, 1.165) is 54.9 Å². The van der Waals surface area contributed by atoms with Crippen LogP contribution in [0.2, 0.25) is 0 Å². The predicted octanol–water partition coefficient (Wildman–Crippen LogP) is 3.82. The SMILES string of the molecule is COc1cccc(CC(C)NC(=O)NCc2cccc(COC3CCOCC3)c2)c1. The molecule has 0 aromatic heterocycles. The Morgan fingerprint density at radius 2 is 1.83 bits per heavy atom. The number of carbonyl (C=O) groups excluding carboxylic acids is 1. The Hall–Kier alpha value is -2.57. The number of nitrogens with one attached hydrogen (secondary N) is 2. The molecule has 2 amide bonds. The fourth-order valence-corrected chi connectivity index (χ4v) is 3.55. The van der Waals surface area contributed by atoms with Gasteiger partial charge >= 0.3 is 6.03 Å². The summed E-state index contributed by atoms with van der Waals surface area (Å²) in [6.07, 6.45) is 2.92. The van der Waals surface area contributed by atoms with E-state index in [9.17, 15) is 4.79 Å². The van der Waals surface area contributed by atoms with Gasteiger partial charge in [0.05, 0.1) is 19.8 Å². The van der Waals surface area contributed by atoms with Crippen molar-refractivity contribution in [2.24, 2.45) is 0 Å². The maximum Gasteiger partial charge on any atom is 0.315 e. The average molecular weight is 413 g/mol. The van der Waals surface area contributed by atoms with Crippen molar-refractivity contribution < 1.29 is 19.0 Å². The predicted molar refractivity (Wildman–Crippen MR) is 117 cm³/mol. The molecule has 0 aliphatic carbocycles. The second-order valence-electron chi connectivity index (χ2n) is 7.73. The minimum absolute atomic E-state index is 0.0105. The van der Waals surface area contributed by atoms with E-state index in [1.807, 2.05) is 43.3 Å². The first kappa shape index (κ1) is 22.1. The molecule has 1 heterocycles. The standard InChI is InChI=1S/C24H32N2O4/c1-18(13-19-5-4-8-23(15-19)28-2)26-24(27)25-16-20-6-3-7-21(14-20)17-30-22-9-11-29-12-10-22/h3-8,14-15,18,22H,9-13,16-17H2,1-2H3,(H2,25,26,27). The zero-order valence-electron chi connectivity index (χ0n) is 17.9. The Kier molecular flexibility index (Phi) is 8.53. The second-order valence-corrected chi connectivity index (χ2v) is 7.73. The molecule has 2 aromatic carbocycles. The summed E-state index contributed by atoms with van der Waals surface area (Å²) in [5, 5.41) is 5.93. The number of amides is 2. The largest absolute Gasteiger partial charge is 0.497 e. The highest BCUT2D eigenvalue weighted by molar-refractivity contribution is 5.74. The van der Waals surface area contributed by atoms with Crippen molar-refractivity contribution in [2.45, 2.75) is 51.5 Å². The quantitative estimate of drug-likeness (QED) is 0.657. The van der Waals surface area contributed by atoms with Gasteiger partial charge in [0.15, 0.2) is 0 Å². The first-order chi connectivity index (χ1) is 14.6. The van der Waals surface area contributed by atoms with Crippen molar-refractivity contribution in [3.05, 3.63) is 65.2 Å². The number of hydrogen-bond acceptors (Lipinski definition) is 4. The summed E-state index contributed by atoms with van der Waals surface area (Å²) >= 11 is 0. The molecule has 6 heteroatoms. The minimum atomic E-state index is -0.172. The summed E-state index contributed by atoms with van der Waals surface area (Å²) in [6.45, 7) is 4.61. The van der Waals surface area contributed by atoms with E-state index in [0.29, 0.717) is 13.2 Å². The molecule has 2 aromatic rings. The molecule has 3 rings (SSSR count). The monoisotopic (exact) mass is 412 g/mol. The molecule has 0 radical (unpaired) electrons. The summed E-state index contributed by atoms with van der Waals surface area (Å²) in [6, 6.07) is 15.9. The number of urea groups is 1. The lowest BCUT2D eigenvalue weighted by molar-refractivity contribution is -0.0390. The van der Waals surface area contributed by atoms with E-state index < -0.39 is 0 Å². The van der Waals surface area contributed by atoms with E-state index in [2.05, 4.69) is 22.8 Å². The van der Waals surface area contributed by atoms with Crippen LogP contribution in [0.25, 0.3) is 0 Å². The zero-order valence-corrected chi connectivity index (χ0v) is 17.9. The van der Waals surface area contributed by atoms with Crippen molar-refractivity contribution >= 4 is 6.03 Å². The van der Waals surface area contributed by atoms with Crippen LogP contribution in [-0.2, 0) is 29.0 Å². The average Bonchev–Trinajstić information content (AvgIpc) is 2.77. The summed E-state index contributed by atoms with van der Waals surface area (Å²) in [5.41, 5.74) is 3.30. The van der Waals surface area contributed by atoms with Gasteiger partial charge in [-0.25, -0.2) is 4.79 Å². The van der Waals surface area contributed by atoms with Crippen molar-refractivity contribution in [2.75, 3.05) is 20.3 Å². The van der Waals surface area contributed by atoms with Crippen LogP contribution in [0.5, 0.6) is 5.75 Å². The highest BCUT2D eigenvalue weighted by Gasteiger charge is 2.14. The second kappa shape index (κ2) is 11.6. The third-order valence-corrected chi connectivity index (χ3v) is 5.15. The third-order valence-electron chi connectivity index (χ3n) is 5.15. The summed E-state index contributed by atoms with van der Waals surface area (Å²) < 4.78 is 16.6. The van der Waals surface area contributed by atoms with Crippen molar-refractivity contribution in [1.29, 1.82) is 0 Å². The highest BCUT2D eigenvalue weighted by atomic mass is 16.5. The molecule has 1 aliphatic rings. The van der Waals surface area contributed by atoms with Crippen LogP contribution >= 0.6 is 0 Å². The number of benzene rings is 2. The zero-order chi connectivity index (χ0) is 21.2. The van der Waals surface area contributed by atoms with Gasteiger partial charge in [-0.2, -0.15) is 0 Å². The van der Waals surface area contributed by atoms with Crippen molar-refractivity contribution in [3.8, 4) is 5.75 Å². The van der Waals surface area contributed by atoms with Crippen molar-refractivity contribution in [3.63, 3.8) is 0 Å². The molecule has 6 nitrogen and oxygen atoms in total. The van der Waals surface area contributed by atoms with Crippen LogP contribution in [-0.4, -0.2) is 38.5 Å². The van der Waals surface area contributed by atoms with E-state index in [1.165, 1.54) is 0 Å². The van der Waals surface area contributed by atoms with E-state index in [1.54, 1.807) is 7.11 Å². The van der Waals surface area contributed by atoms with Crippen LogP contribution in [0, 0.1) is 0 Å². The topological polar surface area (TPSA) is 68.8 Å². The maximum absolute atomic E-state index is 12.3. The lowest BCUT2D eigenvalue weighted by Gasteiger charge is -2.22. The molecule has 162 valence electrons. The third kappa shape index (κ3) is 7.35. The maximum atomic E-state index is 12.3. The van der Waals surface area contributed by atoms with Gasteiger partial charge in [-0.1, -0.05) is 36.4 Å². The van der Waals surface area contributed by atoms with Crippen LogP contribution in [0.3, 0.4) is 0 Å². The van der Waals surface area contributed by atoms with E-state index in [-0.39, 0.29) is 18.2 Å². The van der Waals surface area contributed by atoms with Gasteiger partial charge in [-0.3, -0.25) is 0 Å². The van der Waals surface area contributed by atoms with E-state index >= 15 is 0 Å². The smallest absolute Gasteiger partial charge is 0.315 e. The van der Waals surface area contributed by atoms with Gasteiger partial charge in [0.25, 0.3) is 0 Å². The van der Waals surface area contributed by atoms with Gasteiger partial charge in [0, 0.05) is 25.8 Å². The molecule has 0 saturated carbocycles. The number of ether oxygens (including phenoxy) is 3. The van der Waals surface area contributed by atoms with Gasteiger partial charge in [-0.15, -0.1) is 0 Å². The summed E-state index contributed by atoms with van der Waals surface area (Å²) in [5.74, 6) is 0.824. The highest BCUT2D eigenvalue weighted by Crippen LogP contribution is 2.15. The minimum Gasteiger partial charge on any atom is -0.497 e. The van der Waals surface area contributed by atoms with Crippen LogP contribution in [0.15, 0.2) is 48.5 Å². The number of rotatable bonds is 9. The van der Waals surface area contributed by atoms with Crippen molar-refractivity contribution in [1.82, 2.24) is 10.6 Å². The lowest BCUT2D eigenvalue weighted by Crippen LogP contribution is -2.41. The molecule has 1 unspecified atom stereocenters. The number of hydrogen-bond donors (Lipinski definition) is 2. The molecular formula is C24H32N2O4. The van der Waals surface area contributed by atoms with Crippen LogP contribution in [0.4, 0.5) is 4.79 Å². The molecule has 1 aliphatic heterocycles. The molecular weight excluding hydrogens is 380 g/mol. The van der Waals surface area contributed by atoms with Gasteiger partial charge in [0.2, 0.25) is 0 Å². The molecule has 1 saturated heterocycles. The molecule has 0 spiro atoms. The molecule has 1 atom stereocenters. The van der Waals surface area contributed by atoms with E-state index in [4.69, 9.17) is 14.2 Å². The Bertz CT molecular complexity index is 805. The first-order valence-corrected chi connectivity index (χ1v) is 10.6. The Morgan fingerprint density at radius 3 is 2.63 bits per heavy atom. The number of methoxy groups -OCH3 is 1. The fraction of sp³-hybridized carbons (Fsp3) is 0.458. The molecule has 2 N–H and O–H groups in total. The Balaban J connectivity index is 1.41. The lowest BCUT2D eigenvalue weighted by atomic mass is 10.1. The van der Waals surface area contributed by atoms with Gasteiger partial charge < -0.3 is 24.8 Å². The Morgan fingerprint density at radius 1 is 1.10 bits per heavy atom. The first-order valence-electron chi connectivity index (χ1n) is 10.6.